The van der Waals surface area contributed by atoms with Crippen molar-refractivity contribution in [3.05, 3.63) is 11.7 Å². The zero-order valence-corrected chi connectivity index (χ0v) is 9.06. The number of rotatable bonds is 3. The van der Waals surface area contributed by atoms with Crippen molar-refractivity contribution in [3.8, 4) is 0 Å². The fourth-order valence-corrected chi connectivity index (χ4v) is 1.92. The lowest BCUT2D eigenvalue weighted by Crippen LogP contribution is -2.17. The fourth-order valence-electron chi connectivity index (χ4n) is 1.92. The number of ketones is 1. The Morgan fingerprint density at radius 1 is 1.67 bits per heavy atom. The maximum atomic E-state index is 10.9. The number of carbonyl (C=O) groups excluding carboxylic acids is 1. The number of carbonyl (C=O) groups is 1. The normalized spacial score (nSPS) is 22.1. The minimum atomic E-state index is 0.0575. The smallest absolute Gasteiger partial charge is 0.244 e. The monoisotopic (exact) mass is 209 g/mol. The van der Waals surface area contributed by atoms with Gasteiger partial charge in [-0.2, -0.15) is 4.98 Å². The van der Waals surface area contributed by atoms with E-state index in [0.717, 1.165) is 19.4 Å². The molecule has 82 valence electrons. The summed E-state index contributed by atoms with van der Waals surface area (Å²) < 4.78 is 5.16. The second-order valence-electron chi connectivity index (χ2n) is 4.07. The molecule has 1 aliphatic heterocycles. The van der Waals surface area contributed by atoms with E-state index in [9.17, 15) is 4.79 Å². The Kier molecular flexibility index (Phi) is 2.81. The highest BCUT2D eigenvalue weighted by molar-refractivity contribution is 5.77. The van der Waals surface area contributed by atoms with Crippen molar-refractivity contribution >= 4 is 5.78 Å². The lowest BCUT2D eigenvalue weighted by atomic mass is 10.2. The van der Waals surface area contributed by atoms with E-state index in [1.165, 1.54) is 6.92 Å². The summed E-state index contributed by atoms with van der Waals surface area (Å²) in [6.45, 7) is 2.59. The van der Waals surface area contributed by atoms with Crippen LogP contribution in [0.1, 0.15) is 37.5 Å². The van der Waals surface area contributed by atoms with Crippen LogP contribution in [0.2, 0.25) is 0 Å². The van der Waals surface area contributed by atoms with E-state index in [4.69, 9.17) is 4.52 Å². The number of Topliss-reactive ketones (excluding diaryl/α,β-unsaturated/α-hetero) is 1. The molecule has 1 aliphatic rings. The molecule has 5 nitrogen and oxygen atoms in total. The summed E-state index contributed by atoms with van der Waals surface area (Å²) in [6.07, 6.45) is 2.48. The molecule has 15 heavy (non-hydrogen) atoms. The predicted octanol–water partition coefficient (Wildman–Crippen LogP) is 0.968. The fraction of sp³-hybridized carbons (Fsp3) is 0.700. The van der Waals surface area contributed by atoms with Gasteiger partial charge in [-0.25, -0.2) is 0 Å². The number of nitrogens with zero attached hydrogens (tertiary/aromatic N) is 3. The average Bonchev–Trinajstić information content (AvgIpc) is 2.72. The van der Waals surface area contributed by atoms with E-state index in [1.807, 2.05) is 7.05 Å². The van der Waals surface area contributed by atoms with Gasteiger partial charge >= 0.3 is 0 Å². The molecule has 1 saturated heterocycles. The third-order valence-electron chi connectivity index (χ3n) is 2.70. The maximum absolute atomic E-state index is 10.9. The Morgan fingerprint density at radius 3 is 3.07 bits per heavy atom. The molecule has 0 saturated carbocycles. The van der Waals surface area contributed by atoms with Gasteiger partial charge in [0.25, 0.3) is 0 Å². The van der Waals surface area contributed by atoms with Crippen LogP contribution in [0.3, 0.4) is 0 Å². The van der Waals surface area contributed by atoms with Gasteiger partial charge in [-0.3, -0.25) is 9.69 Å². The van der Waals surface area contributed by atoms with Crippen LogP contribution in [0.4, 0.5) is 0 Å². The van der Waals surface area contributed by atoms with Crippen molar-refractivity contribution in [2.75, 3.05) is 13.6 Å². The van der Waals surface area contributed by atoms with Gasteiger partial charge in [-0.15, -0.1) is 0 Å². The van der Waals surface area contributed by atoms with Gasteiger partial charge in [-0.1, -0.05) is 5.16 Å². The summed E-state index contributed by atoms with van der Waals surface area (Å²) in [7, 11) is 2.05. The van der Waals surface area contributed by atoms with Crippen molar-refractivity contribution < 1.29 is 9.32 Å². The Morgan fingerprint density at radius 2 is 2.47 bits per heavy atom. The summed E-state index contributed by atoms with van der Waals surface area (Å²) in [4.78, 5) is 17.3. The summed E-state index contributed by atoms with van der Waals surface area (Å²) >= 11 is 0. The van der Waals surface area contributed by atoms with E-state index >= 15 is 0 Å². The number of hydrogen-bond donors (Lipinski definition) is 0. The third-order valence-corrected chi connectivity index (χ3v) is 2.70. The predicted molar refractivity (Wildman–Crippen MR) is 53.3 cm³/mol. The Balaban J connectivity index is 2.09. The van der Waals surface area contributed by atoms with Gasteiger partial charge in [0, 0.05) is 0 Å². The molecule has 0 amide bonds. The van der Waals surface area contributed by atoms with E-state index < -0.39 is 0 Å². The molecule has 0 aromatic carbocycles. The first-order valence-electron chi connectivity index (χ1n) is 5.19. The quantitative estimate of drug-likeness (QED) is 0.742. The van der Waals surface area contributed by atoms with Crippen LogP contribution >= 0.6 is 0 Å². The SMILES string of the molecule is CC(=O)Cc1noc(C2CCCN2C)n1. The third kappa shape index (κ3) is 2.23. The molecule has 1 unspecified atom stereocenters. The average molecular weight is 209 g/mol. The van der Waals surface area contributed by atoms with E-state index in [1.54, 1.807) is 0 Å². The number of likely N-dealkylation sites (tertiary alicyclic amines) is 1. The Bertz CT molecular complexity index is 361. The molecule has 1 atom stereocenters. The highest BCUT2D eigenvalue weighted by Gasteiger charge is 2.27. The lowest BCUT2D eigenvalue weighted by Gasteiger charge is -2.14. The first-order chi connectivity index (χ1) is 7.16. The van der Waals surface area contributed by atoms with Crippen LogP contribution in [0.25, 0.3) is 0 Å². The molecule has 1 aromatic rings. The lowest BCUT2D eigenvalue weighted by molar-refractivity contribution is -0.116. The molecule has 2 heterocycles. The molecule has 0 N–H and O–H groups in total. The number of hydrogen-bond acceptors (Lipinski definition) is 5. The molecule has 0 aliphatic carbocycles. The second-order valence-corrected chi connectivity index (χ2v) is 4.07. The molecule has 1 aromatic heterocycles. The minimum Gasteiger partial charge on any atom is -0.338 e. The Hall–Kier alpha value is -1.23. The van der Waals surface area contributed by atoms with Crippen LogP contribution in [-0.2, 0) is 11.2 Å². The van der Waals surface area contributed by atoms with Crippen LogP contribution in [0.15, 0.2) is 4.52 Å². The van der Waals surface area contributed by atoms with E-state index in [0.29, 0.717) is 11.7 Å². The van der Waals surface area contributed by atoms with Gasteiger partial charge in [0.1, 0.15) is 5.78 Å². The second kappa shape index (κ2) is 4.10. The first kappa shape index (κ1) is 10.3. The summed E-state index contributed by atoms with van der Waals surface area (Å²) in [6, 6.07) is 0.234. The minimum absolute atomic E-state index is 0.0575. The van der Waals surface area contributed by atoms with Crippen LogP contribution < -0.4 is 0 Å². The molecular weight excluding hydrogens is 194 g/mol. The van der Waals surface area contributed by atoms with Crippen molar-refractivity contribution in [2.45, 2.75) is 32.2 Å². The van der Waals surface area contributed by atoms with E-state index in [2.05, 4.69) is 15.0 Å². The first-order valence-corrected chi connectivity index (χ1v) is 5.19. The number of aromatic nitrogens is 2. The standard InChI is InChI=1S/C10H15N3O2/c1-7(14)6-9-11-10(15-12-9)8-4-3-5-13(8)2/h8H,3-6H2,1-2H3. The van der Waals surface area contributed by atoms with Crippen molar-refractivity contribution in [1.82, 2.24) is 15.0 Å². The largest absolute Gasteiger partial charge is 0.338 e. The zero-order valence-electron chi connectivity index (χ0n) is 9.06. The molecular formula is C10H15N3O2. The van der Waals surface area contributed by atoms with Gasteiger partial charge in [0.15, 0.2) is 5.82 Å². The van der Waals surface area contributed by atoms with Crippen LogP contribution in [0.5, 0.6) is 0 Å². The van der Waals surface area contributed by atoms with E-state index in [-0.39, 0.29) is 18.2 Å². The van der Waals surface area contributed by atoms with Crippen LogP contribution in [0, 0.1) is 0 Å². The highest BCUT2D eigenvalue weighted by atomic mass is 16.5. The summed E-state index contributed by atoms with van der Waals surface area (Å²) in [5.74, 6) is 1.20. The maximum Gasteiger partial charge on any atom is 0.244 e. The van der Waals surface area contributed by atoms with Crippen molar-refractivity contribution in [1.29, 1.82) is 0 Å². The molecule has 0 radical (unpaired) electrons. The molecule has 0 spiro atoms. The van der Waals surface area contributed by atoms with Crippen LogP contribution in [-0.4, -0.2) is 34.4 Å². The van der Waals surface area contributed by atoms with Gasteiger partial charge < -0.3 is 4.52 Å². The molecule has 5 heteroatoms. The molecule has 0 bridgehead atoms. The van der Waals surface area contributed by atoms with Gasteiger partial charge in [-0.05, 0) is 33.4 Å². The summed E-state index contributed by atoms with van der Waals surface area (Å²) in [5.41, 5.74) is 0. The molecule has 1 fully saturated rings. The van der Waals surface area contributed by atoms with Crippen molar-refractivity contribution in [3.63, 3.8) is 0 Å². The van der Waals surface area contributed by atoms with Gasteiger partial charge in [0.05, 0.1) is 12.5 Å². The van der Waals surface area contributed by atoms with Crippen molar-refractivity contribution in [2.24, 2.45) is 0 Å². The molecule has 2 rings (SSSR count). The Labute approximate surface area is 88.5 Å². The highest BCUT2D eigenvalue weighted by Crippen LogP contribution is 2.28. The zero-order chi connectivity index (χ0) is 10.8. The topological polar surface area (TPSA) is 59.2 Å². The van der Waals surface area contributed by atoms with Gasteiger partial charge in [0.2, 0.25) is 5.89 Å². The summed E-state index contributed by atoms with van der Waals surface area (Å²) in [5, 5.41) is 3.80.